The summed E-state index contributed by atoms with van der Waals surface area (Å²) in [6.07, 6.45) is 0.629. The van der Waals surface area contributed by atoms with Crippen molar-refractivity contribution in [3.8, 4) is 0 Å². The highest BCUT2D eigenvalue weighted by Gasteiger charge is 2.10. The van der Waals surface area contributed by atoms with E-state index in [1.165, 1.54) is 0 Å². The highest BCUT2D eigenvalue weighted by atomic mass is 16.4. The molecule has 1 heterocycles. The average Bonchev–Trinajstić information content (AvgIpc) is 2.64. The Labute approximate surface area is 92.1 Å². The average molecular weight is 222 g/mol. The fourth-order valence-electron chi connectivity index (χ4n) is 1.79. The van der Waals surface area contributed by atoms with Gasteiger partial charge in [-0.2, -0.15) is 0 Å². The quantitative estimate of drug-likeness (QED) is 0.713. The molecule has 0 amide bonds. The molecule has 2 aromatic rings. The van der Waals surface area contributed by atoms with E-state index in [-0.39, 0.29) is 12.6 Å². The van der Waals surface area contributed by atoms with Gasteiger partial charge in [-0.1, -0.05) is 6.07 Å². The van der Waals surface area contributed by atoms with Crippen molar-refractivity contribution in [2.75, 3.05) is 13.7 Å². The monoisotopic (exact) mass is 222 g/mol. The lowest BCUT2D eigenvalue weighted by Gasteiger charge is -2.14. The van der Waals surface area contributed by atoms with Crippen molar-refractivity contribution in [3.05, 3.63) is 34.3 Å². The van der Waals surface area contributed by atoms with E-state index < -0.39 is 5.76 Å². The van der Waals surface area contributed by atoms with Crippen molar-refractivity contribution in [1.29, 1.82) is 0 Å². The molecule has 0 aliphatic rings. The molecule has 0 spiro atoms. The molecule has 0 saturated heterocycles. The summed E-state index contributed by atoms with van der Waals surface area (Å²) in [5.74, 6) is -0.449. The Morgan fingerprint density at radius 2 is 2.38 bits per heavy atom. The Hall–Kier alpha value is -1.59. The largest absolute Gasteiger partial charge is 0.417 e. The van der Waals surface area contributed by atoms with Crippen LogP contribution in [-0.2, 0) is 0 Å². The van der Waals surface area contributed by atoms with Crippen LogP contribution in [-0.4, -0.2) is 23.7 Å². The number of benzene rings is 1. The van der Waals surface area contributed by atoms with Crippen molar-refractivity contribution in [1.82, 2.24) is 10.3 Å². The molecule has 0 radical (unpaired) electrons. The normalized spacial score (nSPS) is 13.1. The van der Waals surface area contributed by atoms with Gasteiger partial charge < -0.3 is 14.8 Å². The minimum atomic E-state index is -0.449. The Morgan fingerprint density at radius 1 is 1.56 bits per heavy atom. The number of aliphatic hydroxyl groups is 1. The Bertz CT molecular complexity index is 529. The van der Waals surface area contributed by atoms with Crippen LogP contribution >= 0.6 is 0 Å². The molecule has 1 aromatic heterocycles. The zero-order valence-corrected chi connectivity index (χ0v) is 8.99. The number of aromatic amines is 1. The first-order valence-electron chi connectivity index (χ1n) is 5.15. The second kappa shape index (κ2) is 4.51. The van der Waals surface area contributed by atoms with E-state index in [4.69, 9.17) is 9.52 Å². The van der Waals surface area contributed by atoms with E-state index in [2.05, 4.69) is 10.3 Å². The first kappa shape index (κ1) is 10.9. The van der Waals surface area contributed by atoms with Crippen LogP contribution in [0, 0.1) is 0 Å². The highest BCUT2D eigenvalue weighted by molar-refractivity contribution is 5.72. The maximum absolute atomic E-state index is 11.0. The third-order valence-electron chi connectivity index (χ3n) is 2.61. The van der Waals surface area contributed by atoms with E-state index in [9.17, 15) is 4.79 Å². The number of aromatic nitrogens is 1. The van der Waals surface area contributed by atoms with Crippen LogP contribution in [0.5, 0.6) is 0 Å². The van der Waals surface area contributed by atoms with Crippen LogP contribution < -0.4 is 11.1 Å². The van der Waals surface area contributed by atoms with E-state index in [0.717, 1.165) is 5.56 Å². The number of rotatable bonds is 4. The zero-order chi connectivity index (χ0) is 11.5. The number of oxazole rings is 1. The van der Waals surface area contributed by atoms with Gasteiger partial charge in [0.2, 0.25) is 0 Å². The summed E-state index contributed by atoms with van der Waals surface area (Å²) >= 11 is 0. The summed E-state index contributed by atoms with van der Waals surface area (Å²) in [6.45, 7) is 0.117. The second-order valence-corrected chi connectivity index (χ2v) is 3.62. The number of hydrogen-bond acceptors (Lipinski definition) is 4. The summed E-state index contributed by atoms with van der Waals surface area (Å²) < 4.78 is 4.92. The number of fused-ring (bicyclic) bond motifs is 1. The summed E-state index contributed by atoms with van der Waals surface area (Å²) in [7, 11) is 1.84. The first-order chi connectivity index (χ1) is 7.74. The molecule has 1 unspecified atom stereocenters. The SMILES string of the molecule is CNC(CCO)c1ccc2oc(=O)[nH]c2c1. The van der Waals surface area contributed by atoms with Gasteiger partial charge in [-0.25, -0.2) is 4.79 Å². The molecule has 5 nitrogen and oxygen atoms in total. The summed E-state index contributed by atoms with van der Waals surface area (Å²) in [4.78, 5) is 13.6. The van der Waals surface area contributed by atoms with Gasteiger partial charge in [0.15, 0.2) is 5.58 Å². The highest BCUT2D eigenvalue weighted by Crippen LogP contribution is 2.20. The lowest BCUT2D eigenvalue weighted by Crippen LogP contribution is -2.17. The van der Waals surface area contributed by atoms with Crippen molar-refractivity contribution in [2.24, 2.45) is 0 Å². The molecule has 2 rings (SSSR count). The van der Waals surface area contributed by atoms with E-state index in [1.807, 2.05) is 19.2 Å². The minimum Gasteiger partial charge on any atom is -0.408 e. The lowest BCUT2D eigenvalue weighted by molar-refractivity contribution is 0.269. The van der Waals surface area contributed by atoms with Gasteiger partial charge >= 0.3 is 5.76 Å². The minimum absolute atomic E-state index is 0.0767. The zero-order valence-electron chi connectivity index (χ0n) is 8.99. The van der Waals surface area contributed by atoms with E-state index >= 15 is 0 Å². The van der Waals surface area contributed by atoms with Crippen LogP contribution in [0.2, 0.25) is 0 Å². The van der Waals surface area contributed by atoms with Gasteiger partial charge in [-0.05, 0) is 31.2 Å². The third kappa shape index (κ3) is 2.00. The molecule has 86 valence electrons. The second-order valence-electron chi connectivity index (χ2n) is 3.62. The summed E-state index contributed by atoms with van der Waals surface area (Å²) in [5, 5.41) is 12.0. The summed E-state index contributed by atoms with van der Waals surface area (Å²) in [6, 6.07) is 5.57. The Morgan fingerprint density at radius 3 is 3.06 bits per heavy atom. The summed E-state index contributed by atoms with van der Waals surface area (Å²) in [5.41, 5.74) is 2.24. The fraction of sp³-hybridized carbons (Fsp3) is 0.364. The van der Waals surface area contributed by atoms with Gasteiger partial charge in [0, 0.05) is 12.6 Å². The Kier molecular flexibility index (Phi) is 3.07. The number of H-pyrrole nitrogens is 1. The molecule has 0 aliphatic heterocycles. The topological polar surface area (TPSA) is 78.3 Å². The molecule has 16 heavy (non-hydrogen) atoms. The molecule has 0 saturated carbocycles. The van der Waals surface area contributed by atoms with E-state index in [1.54, 1.807) is 6.07 Å². The smallest absolute Gasteiger partial charge is 0.408 e. The van der Waals surface area contributed by atoms with Gasteiger partial charge in [0.05, 0.1) is 5.52 Å². The fourth-order valence-corrected chi connectivity index (χ4v) is 1.79. The van der Waals surface area contributed by atoms with Crippen molar-refractivity contribution < 1.29 is 9.52 Å². The van der Waals surface area contributed by atoms with Gasteiger partial charge in [-0.3, -0.25) is 4.98 Å². The molecule has 1 aromatic carbocycles. The van der Waals surface area contributed by atoms with Crippen LogP contribution in [0.4, 0.5) is 0 Å². The van der Waals surface area contributed by atoms with Crippen molar-refractivity contribution in [3.63, 3.8) is 0 Å². The molecule has 0 fully saturated rings. The standard InChI is InChI=1S/C11H14N2O3/c1-12-8(4-5-14)7-2-3-10-9(6-7)13-11(15)16-10/h2-3,6,8,12,14H,4-5H2,1H3,(H,13,15). The van der Waals surface area contributed by atoms with Gasteiger partial charge in [-0.15, -0.1) is 0 Å². The van der Waals surface area contributed by atoms with Gasteiger partial charge in [0.1, 0.15) is 0 Å². The number of aliphatic hydroxyl groups excluding tert-OH is 1. The molecule has 1 atom stereocenters. The maximum Gasteiger partial charge on any atom is 0.417 e. The van der Waals surface area contributed by atoms with Crippen LogP contribution in [0.3, 0.4) is 0 Å². The predicted octanol–water partition coefficient (Wildman–Crippen LogP) is 0.764. The predicted molar refractivity (Wildman–Crippen MR) is 60.3 cm³/mol. The maximum atomic E-state index is 11.0. The van der Waals surface area contributed by atoms with Crippen molar-refractivity contribution in [2.45, 2.75) is 12.5 Å². The molecular formula is C11H14N2O3. The molecule has 0 aliphatic carbocycles. The molecular weight excluding hydrogens is 208 g/mol. The Balaban J connectivity index is 2.40. The van der Waals surface area contributed by atoms with Crippen LogP contribution in [0.25, 0.3) is 11.1 Å². The molecule has 0 bridgehead atoms. The van der Waals surface area contributed by atoms with Gasteiger partial charge in [0.25, 0.3) is 0 Å². The first-order valence-corrected chi connectivity index (χ1v) is 5.15. The van der Waals surface area contributed by atoms with Crippen LogP contribution in [0.15, 0.2) is 27.4 Å². The third-order valence-corrected chi connectivity index (χ3v) is 2.61. The number of nitrogens with one attached hydrogen (secondary N) is 2. The van der Waals surface area contributed by atoms with Crippen LogP contribution in [0.1, 0.15) is 18.0 Å². The number of hydrogen-bond donors (Lipinski definition) is 3. The lowest BCUT2D eigenvalue weighted by atomic mass is 10.0. The van der Waals surface area contributed by atoms with Crippen molar-refractivity contribution >= 4 is 11.1 Å². The molecule has 3 N–H and O–H groups in total. The van der Waals surface area contributed by atoms with E-state index in [0.29, 0.717) is 17.5 Å². The molecule has 5 heteroatoms.